The molecule has 1 amide bonds. The van der Waals surface area contributed by atoms with Gasteiger partial charge in [0.1, 0.15) is 0 Å². The van der Waals surface area contributed by atoms with Gasteiger partial charge in [0.05, 0.1) is 0 Å². The van der Waals surface area contributed by atoms with Crippen LogP contribution in [0.25, 0.3) is 0 Å². The molecule has 3 rings (SSSR count). The molecule has 1 aliphatic rings. The number of hydrogen-bond acceptors (Lipinski definition) is 3. The Balaban J connectivity index is 1.51. The molecule has 2 aromatic rings. The van der Waals surface area contributed by atoms with Gasteiger partial charge in [-0.15, -0.1) is 0 Å². The Hall–Kier alpha value is -2.40. The first-order valence-electron chi connectivity index (χ1n) is 8.65. The molecule has 0 aliphatic carbocycles. The zero-order valence-corrected chi connectivity index (χ0v) is 14.2. The first kappa shape index (κ1) is 17.4. The van der Waals surface area contributed by atoms with Crippen molar-refractivity contribution in [1.82, 2.24) is 10.2 Å². The van der Waals surface area contributed by atoms with E-state index in [9.17, 15) is 9.18 Å². The lowest BCUT2D eigenvalue weighted by molar-refractivity contribution is -0.123. The largest absolute Gasteiger partial charge is 0.481 e. The van der Waals surface area contributed by atoms with Crippen molar-refractivity contribution in [2.75, 3.05) is 19.7 Å². The quantitative estimate of drug-likeness (QED) is 0.841. The summed E-state index contributed by atoms with van der Waals surface area (Å²) < 4.78 is 18.7. The fourth-order valence-corrected chi connectivity index (χ4v) is 3.02. The van der Waals surface area contributed by atoms with E-state index in [1.165, 1.54) is 30.5 Å². The van der Waals surface area contributed by atoms with E-state index >= 15 is 0 Å². The minimum Gasteiger partial charge on any atom is -0.481 e. The van der Waals surface area contributed by atoms with Crippen molar-refractivity contribution < 1.29 is 13.9 Å². The minimum atomic E-state index is -0.466. The predicted octanol–water partition coefficient (Wildman–Crippen LogP) is 3.12. The van der Waals surface area contributed by atoms with E-state index in [1.54, 1.807) is 12.1 Å². The van der Waals surface area contributed by atoms with E-state index < -0.39 is 5.82 Å². The molecule has 2 aromatic carbocycles. The second-order valence-corrected chi connectivity index (χ2v) is 6.25. The molecule has 0 unspecified atom stereocenters. The SMILES string of the molecule is O=C(COc1ccccc1F)NCc1ccccc1CN1CCCC1. The molecule has 25 heavy (non-hydrogen) atoms. The molecule has 0 atom stereocenters. The van der Waals surface area contributed by atoms with E-state index in [2.05, 4.69) is 16.3 Å². The van der Waals surface area contributed by atoms with Gasteiger partial charge in [-0.1, -0.05) is 36.4 Å². The fourth-order valence-electron chi connectivity index (χ4n) is 3.02. The third-order valence-corrected chi connectivity index (χ3v) is 4.38. The molecule has 0 bridgehead atoms. The third-order valence-electron chi connectivity index (χ3n) is 4.38. The molecular weight excluding hydrogens is 319 g/mol. The molecular formula is C20H23FN2O2. The molecule has 0 aromatic heterocycles. The molecule has 1 N–H and O–H groups in total. The molecule has 132 valence electrons. The van der Waals surface area contributed by atoms with Crippen LogP contribution in [0.3, 0.4) is 0 Å². The Morgan fingerprint density at radius 1 is 1.04 bits per heavy atom. The van der Waals surface area contributed by atoms with Crippen molar-refractivity contribution in [2.24, 2.45) is 0 Å². The first-order valence-corrected chi connectivity index (χ1v) is 8.65. The molecule has 0 saturated carbocycles. The van der Waals surface area contributed by atoms with Crippen molar-refractivity contribution in [3.8, 4) is 5.75 Å². The highest BCUT2D eigenvalue weighted by atomic mass is 19.1. The van der Waals surface area contributed by atoms with Crippen molar-refractivity contribution in [3.05, 3.63) is 65.5 Å². The second-order valence-electron chi connectivity index (χ2n) is 6.25. The maximum Gasteiger partial charge on any atom is 0.258 e. The maximum absolute atomic E-state index is 13.5. The Labute approximate surface area is 147 Å². The number of rotatable bonds is 7. The Kier molecular flexibility index (Phi) is 6.01. The van der Waals surface area contributed by atoms with Gasteiger partial charge in [0.25, 0.3) is 5.91 Å². The van der Waals surface area contributed by atoms with Gasteiger partial charge in [0, 0.05) is 13.1 Å². The monoisotopic (exact) mass is 342 g/mol. The summed E-state index contributed by atoms with van der Waals surface area (Å²) in [5, 5.41) is 2.85. The minimum absolute atomic E-state index is 0.0899. The molecule has 4 nitrogen and oxygen atoms in total. The van der Waals surface area contributed by atoms with Gasteiger partial charge < -0.3 is 10.1 Å². The second kappa shape index (κ2) is 8.62. The lowest BCUT2D eigenvalue weighted by Gasteiger charge is -2.17. The lowest BCUT2D eigenvalue weighted by atomic mass is 10.1. The number of hydrogen-bond donors (Lipinski definition) is 1. The summed E-state index contributed by atoms with van der Waals surface area (Å²) in [6.45, 7) is 3.44. The summed E-state index contributed by atoms with van der Waals surface area (Å²) >= 11 is 0. The molecule has 0 radical (unpaired) electrons. The number of para-hydroxylation sites is 1. The van der Waals surface area contributed by atoms with Crippen LogP contribution in [-0.4, -0.2) is 30.5 Å². The van der Waals surface area contributed by atoms with E-state index in [-0.39, 0.29) is 18.3 Å². The summed E-state index contributed by atoms with van der Waals surface area (Å²) in [7, 11) is 0. The van der Waals surface area contributed by atoms with Crippen LogP contribution in [0.15, 0.2) is 48.5 Å². The van der Waals surface area contributed by atoms with E-state index in [4.69, 9.17) is 4.74 Å². The van der Waals surface area contributed by atoms with Crippen LogP contribution >= 0.6 is 0 Å². The van der Waals surface area contributed by atoms with Crippen LogP contribution in [0.4, 0.5) is 4.39 Å². The number of amides is 1. The number of likely N-dealkylation sites (tertiary alicyclic amines) is 1. The topological polar surface area (TPSA) is 41.6 Å². The van der Waals surface area contributed by atoms with Gasteiger partial charge in [-0.2, -0.15) is 0 Å². The normalized spacial score (nSPS) is 14.4. The standard InChI is InChI=1S/C20H23FN2O2/c21-18-9-3-4-10-19(18)25-15-20(24)22-13-16-7-1-2-8-17(16)14-23-11-5-6-12-23/h1-4,7-10H,5-6,11-15H2,(H,22,24). The molecule has 1 heterocycles. The number of carbonyl (C=O) groups is 1. The third kappa shape index (κ3) is 5.03. The number of benzene rings is 2. The molecule has 1 saturated heterocycles. The Morgan fingerprint density at radius 2 is 1.72 bits per heavy atom. The van der Waals surface area contributed by atoms with Gasteiger partial charge in [-0.3, -0.25) is 9.69 Å². The van der Waals surface area contributed by atoms with Crippen LogP contribution in [-0.2, 0) is 17.9 Å². The number of nitrogens with one attached hydrogen (secondary N) is 1. The highest BCUT2D eigenvalue weighted by Crippen LogP contribution is 2.17. The van der Waals surface area contributed by atoms with Crippen LogP contribution < -0.4 is 10.1 Å². The van der Waals surface area contributed by atoms with Gasteiger partial charge in [-0.05, 0) is 49.2 Å². The van der Waals surface area contributed by atoms with Gasteiger partial charge >= 0.3 is 0 Å². The van der Waals surface area contributed by atoms with Crippen LogP contribution in [0.2, 0.25) is 0 Å². The van der Waals surface area contributed by atoms with Crippen molar-refractivity contribution in [3.63, 3.8) is 0 Å². The predicted molar refractivity (Wildman–Crippen MR) is 94.7 cm³/mol. The summed E-state index contributed by atoms with van der Waals surface area (Å²) in [5.74, 6) is -0.641. The fraction of sp³-hybridized carbons (Fsp3) is 0.350. The van der Waals surface area contributed by atoms with Crippen molar-refractivity contribution >= 4 is 5.91 Å². The molecule has 0 spiro atoms. The van der Waals surface area contributed by atoms with E-state index in [0.29, 0.717) is 6.54 Å². The van der Waals surface area contributed by atoms with Gasteiger partial charge in [0.2, 0.25) is 0 Å². The highest BCUT2D eigenvalue weighted by Gasteiger charge is 2.14. The highest BCUT2D eigenvalue weighted by molar-refractivity contribution is 5.77. The summed E-state index contributed by atoms with van der Waals surface area (Å²) in [6.07, 6.45) is 2.51. The zero-order valence-electron chi connectivity index (χ0n) is 14.2. The maximum atomic E-state index is 13.5. The molecule has 1 fully saturated rings. The zero-order chi connectivity index (χ0) is 17.5. The average molecular weight is 342 g/mol. The average Bonchev–Trinajstić information content (AvgIpc) is 3.13. The number of halogens is 1. The number of nitrogens with zero attached hydrogens (tertiary/aromatic N) is 1. The Bertz CT molecular complexity index is 714. The van der Waals surface area contributed by atoms with E-state index in [0.717, 1.165) is 25.2 Å². The smallest absolute Gasteiger partial charge is 0.258 e. The van der Waals surface area contributed by atoms with E-state index in [1.807, 2.05) is 18.2 Å². The number of carbonyl (C=O) groups excluding carboxylic acids is 1. The van der Waals surface area contributed by atoms with Gasteiger partial charge in [-0.25, -0.2) is 4.39 Å². The van der Waals surface area contributed by atoms with Crippen LogP contribution in [0.1, 0.15) is 24.0 Å². The molecule has 5 heteroatoms. The summed E-state index contributed by atoms with van der Waals surface area (Å²) in [5.41, 5.74) is 2.34. The first-order chi connectivity index (χ1) is 12.2. The summed E-state index contributed by atoms with van der Waals surface area (Å²) in [6, 6.07) is 14.2. The molecule has 1 aliphatic heterocycles. The van der Waals surface area contributed by atoms with Crippen molar-refractivity contribution in [2.45, 2.75) is 25.9 Å². The van der Waals surface area contributed by atoms with Crippen LogP contribution in [0.5, 0.6) is 5.75 Å². The van der Waals surface area contributed by atoms with Crippen LogP contribution in [0, 0.1) is 5.82 Å². The van der Waals surface area contributed by atoms with Gasteiger partial charge in [0.15, 0.2) is 18.2 Å². The lowest BCUT2D eigenvalue weighted by Crippen LogP contribution is -2.29. The number of ether oxygens (including phenoxy) is 1. The summed E-state index contributed by atoms with van der Waals surface area (Å²) in [4.78, 5) is 14.4. The van der Waals surface area contributed by atoms with Crippen molar-refractivity contribution in [1.29, 1.82) is 0 Å². The Morgan fingerprint density at radius 3 is 2.48 bits per heavy atom.